The molecular formula is C28H27N3O4S. The van der Waals surface area contributed by atoms with Crippen molar-refractivity contribution in [3.63, 3.8) is 0 Å². The maximum Gasteiger partial charge on any atom is 0.291 e. The number of carbonyl (C=O) groups is 3. The third-order valence-electron chi connectivity index (χ3n) is 6.43. The zero-order valence-electron chi connectivity index (χ0n) is 20.2. The third kappa shape index (κ3) is 4.62. The number of anilines is 2. The lowest BCUT2D eigenvalue weighted by molar-refractivity contribution is -0.137. The molecule has 2 unspecified atom stereocenters. The van der Waals surface area contributed by atoms with E-state index in [1.165, 1.54) is 4.90 Å². The second-order valence-electron chi connectivity index (χ2n) is 8.96. The number of ether oxygens (including phenoxy) is 1. The van der Waals surface area contributed by atoms with E-state index in [2.05, 4.69) is 4.90 Å². The summed E-state index contributed by atoms with van der Waals surface area (Å²) in [6, 6.07) is 24.7. The molecule has 0 aliphatic carbocycles. The van der Waals surface area contributed by atoms with E-state index in [-0.39, 0.29) is 35.5 Å². The molecule has 5 rings (SSSR count). The van der Waals surface area contributed by atoms with Crippen molar-refractivity contribution in [2.75, 3.05) is 23.9 Å². The smallest absolute Gasteiger partial charge is 0.291 e. The van der Waals surface area contributed by atoms with Crippen molar-refractivity contribution < 1.29 is 19.1 Å². The first-order valence-electron chi connectivity index (χ1n) is 11.8. The number of imide groups is 1. The fourth-order valence-corrected chi connectivity index (χ4v) is 5.23. The predicted molar refractivity (Wildman–Crippen MR) is 140 cm³/mol. The highest BCUT2D eigenvalue weighted by molar-refractivity contribution is 8.14. The van der Waals surface area contributed by atoms with Crippen LogP contribution < -0.4 is 4.90 Å². The van der Waals surface area contributed by atoms with E-state index < -0.39 is 6.23 Å². The predicted octanol–water partition coefficient (Wildman–Crippen LogP) is 5.35. The van der Waals surface area contributed by atoms with Gasteiger partial charge < -0.3 is 14.5 Å². The molecule has 1 fully saturated rings. The fourth-order valence-electron chi connectivity index (χ4n) is 4.51. The lowest BCUT2D eigenvalue weighted by Gasteiger charge is -2.41. The molecule has 184 valence electrons. The molecule has 3 aromatic rings. The maximum atomic E-state index is 13.5. The molecular weight excluding hydrogens is 474 g/mol. The van der Waals surface area contributed by atoms with Crippen LogP contribution in [-0.4, -0.2) is 51.9 Å². The van der Waals surface area contributed by atoms with Gasteiger partial charge in [0, 0.05) is 11.3 Å². The average molecular weight is 502 g/mol. The number of amides is 3. The van der Waals surface area contributed by atoms with Crippen LogP contribution in [0.5, 0.6) is 0 Å². The van der Waals surface area contributed by atoms with E-state index in [4.69, 9.17) is 4.74 Å². The molecule has 3 aromatic carbocycles. The van der Waals surface area contributed by atoms with E-state index in [0.717, 1.165) is 28.7 Å². The Morgan fingerprint density at radius 3 is 2.31 bits per heavy atom. The van der Waals surface area contributed by atoms with E-state index in [1.54, 1.807) is 4.90 Å². The molecule has 0 bridgehead atoms. The topological polar surface area (TPSA) is 70.2 Å². The molecule has 0 radical (unpaired) electrons. The standard InChI is InChI=1S/C28H27N3O4S/c1-19-13-14-23-24(15-19)30(22-11-7-4-8-12-22)18-29(26(23)33)20(2)16-35-27(21-9-5-3-6-10-21)31-25(32)17-36-28(31)34/h3-15,20,27H,16-18H2,1-2H3. The zero-order chi connectivity index (χ0) is 25.2. The van der Waals surface area contributed by atoms with Crippen LogP contribution in [0.25, 0.3) is 0 Å². The van der Waals surface area contributed by atoms with Crippen molar-refractivity contribution in [3.8, 4) is 0 Å². The summed E-state index contributed by atoms with van der Waals surface area (Å²) in [5, 5.41) is -0.324. The van der Waals surface area contributed by atoms with E-state index >= 15 is 0 Å². The summed E-state index contributed by atoms with van der Waals surface area (Å²) in [4.78, 5) is 43.6. The normalized spacial score (nSPS) is 17.4. The monoisotopic (exact) mass is 501 g/mol. The van der Waals surface area contributed by atoms with E-state index in [9.17, 15) is 14.4 Å². The average Bonchev–Trinajstić information content (AvgIpc) is 3.23. The Morgan fingerprint density at radius 1 is 0.944 bits per heavy atom. The van der Waals surface area contributed by atoms with Crippen LogP contribution >= 0.6 is 11.8 Å². The molecule has 1 saturated heterocycles. The van der Waals surface area contributed by atoms with Gasteiger partial charge >= 0.3 is 0 Å². The molecule has 8 heteroatoms. The lowest BCUT2D eigenvalue weighted by atomic mass is 10.0. The summed E-state index contributed by atoms with van der Waals surface area (Å²) < 4.78 is 6.22. The summed E-state index contributed by atoms with van der Waals surface area (Å²) in [5.41, 5.74) is 4.29. The Morgan fingerprint density at radius 2 is 1.64 bits per heavy atom. The van der Waals surface area contributed by atoms with Gasteiger partial charge in [-0.25, -0.2) is 4.90 Å². The summed E-state index contributed by atoms with van der Waals surface area (Å²) in [6.07, 6.45) is -0.844. The summed E-state index contributed by atoms with van der Waals surface area (Å²) in [6.45, 7) is 4.44. The number of carbonyl (C=O) groups excluding carboxylic acids is 3. The van der Waals surface area contributed by atoms with E-state index in [1.807, 2.05) is 92.7 Å². The largest absolute Gasteiger partial charge is 0.351 e. The Bertz CT molecular complexity index is 1270. The van der Waals surface area contributed by atoms with Crippen molar-refractivity contribution in [1.82, 2.24) is 9.80 Å². The van der Waals surface area contributed by atoms with Crippen LogP contribution in [0, 0.1) is 6.92 Å². The Balaban J connectivity index is 1.41. The quantitative estimate of drug-likeness (QED) is 0.435. The summed E-state index contributed by atoms with van der Waals surface area (Å²) >= 11 is 0.977. The van der Waals surface area contributed by atoms with Crippen molar-refractivity contribution >= 4 is 40.2 Å². The van der Waals surface area contributed by atoms with Gasteiger partial charge in [0.25, 0.3) is 11.1 Å². The molecule has 2 aliphatic heterocycles. The van der Waals surface area contributed by atoms with Crippen LogP contribution in [0.15, 0.2) is 78.9 Å². The molecule has 7 nitrogen and oxygen atoms in total. The van der Waals surface area contributed by atoms with Crippen LogP contribution in [0.3, 0.4) is 0 Å². The first-order valence-corrected chi connectivity index (χ1v) is 12.8. The number of hydrogen-bond donors (Lipinski definition) is 0. The first-order chi connectivity index (χ1) is 17.4. The Hall–Kier alpha value is -3.62. The molecule has 36 heavy (non-hydrogen) atoms. The number of rotatable bonds is 7. The SMILES string of the molecule is Cc1ccc2c(c1)N(c1ccccc1)CN(C(C)COC(c1ccccc1)N1C(=O)CSC1=O)C2=O. The fraction of sp³-hybridized carbons (Fsp3) is 0.250. The number of benzene rings is 3. The number of para-hydroxylation sites is 1. The minimum atomic E-state index is -0.844. The van der Waals surface area contributed by atoms with Gasteiger partial charge in [0.05, 0.1) is 36.3 Å². The number of hydrogen-bond acceptors (Lipinski definition) is 6. The Labute approximate surface area is 214 Å². The highest BCUT2D eigenvalue weighted by atomic mass is 32.2. The van der Waals surface area contributed by atoms with Gasteiger partial charge in [0.2, 0.25) is 5.91 Å². The molecule has 2 atom stereocenters. The maximum absolute atomic E-state index is 13.5. The van der Waals surface area contributed by atoms with Crippen LogP contribution in [0.4, 0.5) is 16.2 Å². The van der Waals surface area contributed by atoms with E-state index in [0.29, 0.717) is 17.8 Å². The summed E-state index contributed by atoms with van der Waals surface area (Å²) in [5.74, 6) is -0.248. The van der Waals surface area contributed by atoms with Crippen molar-refractivity contribution in [2.45, 2.75) is 26.1 Å². The highest BCUT2D eigenvalue weighted by Gasteiger charge is 2.39. The summed E-state index contributed by atoms with van der Waals surface area (Å²) in [7, 11) is 0. The van der Waals surface area contributed by atoms with Gasteiger partial charge in [-0.15, -0.1) is 0 Å². The molecule has 0 saturated carbocycles. The van der Waals surface area contributed by atoms with Gasteiger partial charge in [-0.05, 0) is 43.7 Å². The molecule has 3 amide bonds. The molecule has 0 spiro atoms. The van der Waals surface area contributed by atoms with Crippen LogP contribution in [-0.2, 0) is 9.53 Å². The number of aryl methyl sites for hydroxylation is 1. The minimum absolute atomic E-state index is 0.0755. The zero-order valence-corrected chi connectivity index (χ0v) is 21.0. The highest BCUT2D eigenvalue weighted by Crippen LogP contribution is 2.36. The second kappa shape index (κ2) is 10.2. The first kappa shape index (κ1) is 24.1. The minimum Gasteiger partial charge on any atom is -0.351 e. The number of thioether (sulfide) groups is 1. The Kier molecular flexibility index (Phi) is 6.80. The van der Waals surface area contributed by atoms with Crippen molar-refractivity contribution in [2.24, 2.45) is 0 Å². The van der Waals surface area contributed by atoms with Gasteiger partial charge in [-0.3, -0.25) is 14.4 Å². The van der Waals surface area contributed by atoms with Gasteiger partial charge in [-0.1, -0.05) is 66.4 Å². The molecule has 0 aromatic heterocycles. The van der Waals surface area contributed by atoms with Gasteiger partial charge in [-0.2, -0.15) is 0 Å². The van der Waals surface area contributed by atoms with Crippen molar-refractivity contribution in [1.29, 1.82) is 0 Å². The molecule has 2 heterocycles. The van der Waals surface area contributed by atoms with Gasteiger partial charge in [0.1, 0.15) is 0 Å². The van der Waals surface area contributed by atoms with Gasteiger partial charge in [0.15, 0.2) is 6.23 Å². The number of fused-ring (bicyclic) bond motifs is 1. The molecule has 2 aliphatic rings. The third-order valence-corrected chi connectivity index (χ3v) is 7.26. The van der Waals surface area contributed by atoms with Crippen LogP contribution in [0.2, 0.25) is 0 Å². The van der Waals surface area contributed by atoms with Crippen molar-refractivity contribution in [3.05, 3.63) is 95.6 Å². The second-order valence-corrected chi connectivity index (χ2v) is 9.89. The molecule has 0 N–H and O–H groups in total. The lowest BCUT2D eigenvalue weighted by Crippen LogP contribution is -2.50. The number of nitrogens with zero attached hydrogens (tertiary/aromatic N) is 3. The van der Waals surface area contributed by atoms with Crippen LogP contribution in [0.1, 0.15) is 34.6 Å².